The zero-order chi connectivity index (χ0) is 20.3. The molecule has 1 unspecified atom stereocenters. The van der Waals surface area contributed by atoms with Gasteiger partial charge in [0.25, 0.3) is 0 Å². The van der Waals surface area contributed by atoms with Crippen LogP contribution < -0.4 is 10.2 Å². The number of oxazole rings is 1. The number of hydrogen-bond donors (Lipinski definition) is 1. The molecule has 2 heterocycles. The molecule has 0 amide bonds. The molecule has 3 rings (SSSR count). The summed E-state index contributed by atoms with van der Waals surface area (Å²) in [6.07, 6.45) is 8.46. The van der Waals surface area contributed by atoms with Crippen molar-refractivity contribution in [3.05, 3.63) is 36.2 Å². The van der Waals surface area contributed by atoms with Crippen molar-refractivity contribution in [1.29, 1.82) is 0 Å². The molecule has 1 N–H and O–H groups in total. The summed E-state index contributed by atoms with van der Waals surface area (Å²) >= 11 is 0. The lowest BCUT2D eigenvalue weighted by molar-refractivity contribution is 0.120. The predicted octanol–water partition coefficient (Wildman–Crippen LogP) is 5.58. The van der Waals surface area contributed by atoms with Crippen LogP contribution in [0.15, 0.2) is 34.7 Å². The van der Waals surface area contributed by atoms with E-state index in [4.69, 9.17) is 14.1 Å². The molecule has 1 atom stereocenters. The van der Waals surface area contributed by atoms with Gasteiger partial charge >= 0.3 is 0 Å². The van der Waals surface area contributed by atoms with E-state index in [1.165, 1.54) is 38.5 Å². The maximum absolute atomic E-state index is 6.46. The van der Waals surface area contributed by atoms with Crippen LogP contribution in [0.2, 0.25) is 0 Å². The maximum Gasteiger partial charge on any atom is 0.224 e. The van der Waals surface area contributed by atoms with Crippen LogP contribution in [0.4, 0.5) is 5.88 Å². The number of aromatic nitrogens is 1. The lowest BCUT2D eigenvalue weighted by Gasteiger charge is -2.27. The van der Waals surface area contributed by atoms with Crippen molar-refractivity contribution in [3.63, 3.8) is 0 Å². The first kappa shape index (κ1) is 21.8. The zero-order valence-corrected chi connectivity index (χ0v) is 18.2. The molecule has 1 aromatic carbocycles. The van der Waals surface area contributed by atoms with Gasteiger partial charge in [0.1, 0.15) is 5.69 Å². The number of anilines is 1. The topological polar surface area (TPSA) is 50.5 Å². The van der Waals surface area contributed by atoms with E-state index >= 15 is 0 Å². The molecule has 5 heteroatoms. The first-order chi connectivity index (χ1) is 14.3. The molecule has 1 aliphatic rings. The second-order valence-electron chi connectivity index (χ2n) is 7.88. The molecule has 0 bridgehead atoms. The minimum atomic E-state index is 0.177. The number of nitrogens with one attached hydrogen (secondary N) is 1. The molecule has 2 aromatic rings. The highest BCUT2D eigenvalue weighted by Crippen LogP contribution is 2.35. The van der Waals surface area contributed by atoms with Gasteiger partial charge in [-0.3, -0.25) is 0 Å². The van der Waals surface area contributed by atoms with Gasteiger partial charge in [-0.05, 0) is 19.4 Å². The number of unbranched alkanes of at least 4 members (excludes halogenated alkanes) is 4. The fraction of sp³-hybridized carbons (Fsp3) is 0.625. The minimum absolute atomic E-state index is 0.177. The second kappa shape index (κ2) is 12.0. The summed E-state index contributed by atoms with van der Waals surface area (Å²) in [6, 6.07) is 10.6. The van der Waals surface area contributed by atoms with Crippen molar-refractivity contribution >= 4 is 5.88 Å². The Morgan fingerprint density at radius 1 is 1.00 bits per heavy atom. The van der Waals surface area contributed by atoms with Crippen molar-refractivity contribution in [2.75, 3.05) is 37.7 Å². The van der Waals surface area contributed by atoms with Crippen molar-refractivity contribution in [2.45, 2.75) is 64.8 Å². The van der Waals surface area contributed by atoms with E-state index < -0.39 is 0 Å². The van der Waals surface area contributed by atoms with E-state index in [9.17, 15) is 0 Å². The Kier molecular flexibility index (Phi) is 9.03. The SMILES string of the molecule is CCCCCCC(NCCCC)c1nc(-c2ccccc2)c(N2CCOCC2)o1. The number of ether oxygens (including phenoxy) is 1. The molecule has 5 nitrogen and oxygen atoms in total. The van der Waals surface area contributed by atoms with Gasteiger partial charge in [-0.2, -0.15) is 0 Å². The highest BCUT2D eigenvalue weighted by atomic mass is 16.5. The highest BCUT2D eigenvalue weighted by molar-refractivity contribution is 5.71. The third-order valence-corrected chi connectivity index (χ3v) is 5.54. The van der Waals surface area contributed by atoms with Gasteiger partial charge in [0.2, 0.25) is 11.8 Å². The Bertz CT molecular complexity index is 695. The summed E-state index contributed by atoms with van der Waals surface area (Å²) in [5.41, 5.74) is 2.07. The first-order valence-electron chi connectivity index (χ1n) is 11.5. The van der Waals surface area contributed by atoms with Crippen LogP contribution in [0.5, 0.6) is 0 Å². The van der Waals surface area contributed by atoms with Gasteiger partial charge in [-0.1, -0.05) is 76.3 Å². The van der Waals surface area contributed by atoms with Crippen molar-refractivity contribution < 1.29 is 9.15 Å². The largest absolute Gasteiger partial charge is 0.423 e. The van der Waals surface area contributed by atoms with Gasteiger partial charge in [-0.25, -0.2) is 4.98 Å². The molecule has 0 spiro atoms. The molecule has 0 radical (unpaired) electrons. The van der Waals surface area contributed by atoms with Crippen LogP contribution in [-0.4, -0.2) is 37.8 Å². The van der Waals surface area contributed by atoms with E-state index in [1.54, 1.807) is 0 Å². The summed E-state index contributed by atoms with van der Waals surface area (Å²) in [4.78, 5) is 7.30. The first-order valence-corrected chi connectivity index (χ1v) is 11.5. The predicted molar refractivity (Wildman–Crippen MR) is 119 cm³/mol. The standard InChI is InChI=1S/C24H37N3O2/c1-3-5-7-11-14-21(25-15-6-4-2)23-26-22(20-12-9-8-10-13-20)24(29-23)27-16-18-28-19-17-27/h8-10,12-13,21,25H,3-7,11,14-19H2,1-2H3. The quantitative estimate of drug-likeness (QED) is 0.472. The van der Waals surface area contributed by atoms with Gasteiger partial charge in [0.05, 0.1) is 19.3 Å². The number of rotatable bonds is 12. The van der Waals surface area contributed by atoms with E-state index in [0.29, 0.717) is 0 Å². The molecule has 1 saturated heterocycles. The smallest absolute Gasteiger partial charge is 0.224 e. The number of morpholine rings is 1. The van der Waals surface area contributed by atoms with Crippen molar-refractivity contribution in [1.82, 2.24) is 10.3 Å². The fourth-order valence-corrected chi connectivity index (χ4v) is 3.78. The average Bonchev–Trinajstić information content (AvgIpc) is 3.22. The van der Waals surface area contributed by atoms with E-state index in [0.717, 1.165) is 62.3 Å². The maximum atomic E-state index is 6.46. The Morgan fingerprint density at radius 3 is 2.48 bits per heavy atom. The molecule has 29 heavy (non-hydrogen) atoms. The number of hydrogen-bond acceptors (Lipinski definition) is 5. The molecule has 1 aromatic heterocycles. The summed E-state index contributed by atoms with van der Waals surface area (Å²) in [5, 5.41) is 3.71. The Hall–Kier alpha value is -1.85. The third-order valence-electron chi connectivity index (χ3n) is 5.54. The molecule has 160 valence electrons. The van der Waals surface area contributed by atoms with Gasteiger partial charge in [0, 0.05) is 18.7 Å². The number of benzene rings is 1. The van der Waals surface area contributed by atoms with Crippen LogP contribution in [0.3, 0.4) is 0 Å². The monoisotopic (exact) mass is 399 g/mol. The summed E-state index contributed by atoms with van der Waals surface area (Å²) in [5.74, 6) is 1.73. The van der Waals surface area contributed by atoms with Crippen LogP contribution in [0.1, 0.15) is 70.7 Å². The third kappa shape index (κ3) is 6.31. The molecule has 1 aliphatic heterocycles. The molecule has 0 saturated carbocycles. The van der Waals surface area contributed by atoms with E-state index in [-0.39, 0.29) is 6.04 Å². The van der Waals surface area contributed by atoms with E-state index in [2.05, 4.69) is 48.3 Å². The normalized spacial score (nSPS) is 15.6. The summed E-state index contributed by atoms with van der Waals surface area (Å²) in [6.45, 7) is 8.65. The van der Waals surface area contributed by atoms with E-state index in [1.807, 2.05) is 6.07 Å². The minimum Gasteiger partial charge on any atom is -0.423 e. The lowest BCUT2D eigenvalue weighted by Crippen LogP contribution is -2.36. The average molecular weight is 400 g/mol. The molecular weight excluding hydrogens is 362 g/mol. The van der Waals surface area contributed by atoms with Gasteiger partial charge in [-0.15, -0.1) is 0 Å². The number of nitrogens with zero attached hydrogens (tertiary/aromatic N) is 2. The van der Waals surface area contributed by atoms with Crippen LogP contribution in [0, 0.1) is 0 Å². The van der Waals surface area contributed by atoms with Crippen LogP contribution >= 0.6 is 0 Å². The molecule has 1 fully saturated rings. The van der Waals surface area contributed by atoms with Crippen molar-refractivity contribution in [3.8, 4) is 11.3 Å². The summed E-state index contributed by atoms with van der Waals surface area (Å²) in [7, 11) is 0. The van der Waals surface area contributed by atoms with Gasteiger partial charge in [0.15, 0.2) is 0 Å². The lowest BCUT2D eigenvalue weighted by atomic mass is 10.1. The second-order valence-corrected chi connectivity index (χ2v) is 7.88. The van der Waals surface area contributed by atoms with Crippen LogP contribution in [0.25, 0.3) is 11.3 Å². The van der Waals surface area contributed by atoms with Crippen LogP contribution in [-0.2, 0) is 4.74 Å². The Morgan fingerprint density at radius 2 is 1.76 bits per heavy atom. The zero-order valence-electron chi connectivity index (χ0n) is 18.2. The van der Waals surface area contributed by atoms with Gasteiger partial charge < -0.3 is 19.4 Å². The fourth-order valence-electron chi connectivity index (χ4n) is 3.78. The van der Waals surface area contributed by atoms with Crippen molar-refractivity contribution in [2.24, 2.45) is 0 Å². The Balaban J connectivity index is 1.84. The molecular formula is C24H37N3O2. The highest BCUT2D eigenvalue weighted by Gasteiger charge is 2.26. The summed E-state index contributed by atoms with van der Waals surface area (Å²) < 4.78 is 12.0. The Labute approximate surface area is 175 Å². The molecule has 0 aliphatic carbocycles.